The molecule has 32 valence electrons. The van der Waals surface area contributed by atoms with E-state index in [0.717, 1.165) is 0 Å². The molecule has 0 saturated carbocycles. The Morgan fingerprint density at radius 2 is 0.800 bits per heavy atom. The molecule has 0 aromatic heterocycles. The summed E-state index contributed by atoms with van der Waals surface area (Å²) in [6.07, 6.45) is 0. The minimum absolute atomic E-state index is 0. The molecule has 0 nitrogen and oxygen atoms in total. The van der Waals surface area contributed by atoms with Gasteiger partial charge in [-0.15, -0.1) is 37.2 Å². The standard InChI is InChI=1S/Ba.Ca.3ClH.4H/h;;3*1H;;;;/q2*+2;;;;4*-1. The average molecular weight is 291 g/mol. The Bertz CT molecular complexity index is 15.8. The topological polar surface area (TPSA) is 0 Å². The van der Waals surface area contributed by atoms with Crippen LogP contribution in [-0.2, 0) is 0 Å². The van der Waals surface area contributed by atoms with Gasteiger partial charge in [-0.3, -0.25) is 0 Å². The zero-order valence-electron chi connectivity index (χ0n) is 6.64. The molecule has 5 heavy (non-hydrogen) atoms. The van der Waals surface area contributed by atoms with Gasteiger partial charge in [-0.2, -0.15) is 0 Å². The Kier molecular flexibility index (Phi) is 190. The molecule has 0 spiro atoms. The van der Waals surface area contributed by atoms with Crippen molar-refractivity contribution in [1.82, 2.24) is 0 Å². The van der Waals surface area contributed by atoms with Crippen LogP contribution in [0.15, 0.2) is 0 Å². The second-order valence-corrected chi connectivity index (χ2v) is 0. The van der Waals surface area contributed by atoms with Gasteiger partial charge in [0.25, 0.3) is 0 Å². The minimum atomic E-state index is 0. The molecule has 0 bridgehead atoms. The van der Waals surface area contributed by atoms with Gasteiger partial charge in [-0.25, -0.2) is 0 Å². The van der Waals surface area contributed by atoms with Gasteiger partial charge in [0.1, 0.15) is 0 Å². The molecule has 0 aliphatic rings. The predicted octanol–water partition coefficient (Wildman–Crippen LogP) is 0.954. The van der Waals surface area contributed by atoms with Crippen LogP contribution in [0.5, 0.6) is 0 Å². The van der Waals surface area contributed by atoms with E-state index < -0.39 is 0 Å². The van der Waals surface area contributed by atoms with E-state index in [1.165, 1.54) is 0 Å². The molecule has 0 aliphatic heterocycles. The zero-order valence-corrected chi connectivity index (χ0v) is 11.7. The Morgan fingerprint density at radius 1 is 0.800 bits per heavy atom. The molecule has 0 fully saturated rings. The second kappa shape index (κ2) is 25.2. The van der Waals surface area contributed by atoms with Crippen molar-refractivity contribution in [3.05, 3.63) is 0 Å². The Hall–Kier alpha value is 3.70. The summed E-state index contributed by atoms with van der Waals surface area (Å²) in [5.74, 6) is 0. The van der Waals surface area contributed by atoms with Crippen molar-refractivity contribution in [3.8, 4) is 0 Å². The number of hydrogen-bond acceptors (Lipinski definition) is 0. The van der Waals surface area contributed by atoms with Crippen LogP contribution in [-0.4, -0.2) is 86.6 Å². The maximum absolute atomic E-state index is 0. The van der Waals surface area contributed by atoms with Crippen LogP contribution in [0.1, 0.15) is 5.71 Å². The van der Waals surface area contributed by atoms with Crippen LogP contribution >= 0.6 is 37.2 Å². The summed E-state index contributed by atoms with van der Waals surface area (Å²) in [5.41, 5.74) is 0. The van der Waals surface area contributed by atoms with E-state index in [-0.39, 0.29) is 130 Å². The average Bonchev–Trinajstić information content (AvgIpc) is 0. The molecule has 0 heterocycles. The molecule has 0 aliphatic carbocycles. The summed E-state index contributed by atoms with van der Waals surface area (Å²) in [5, 5.41) is 0. The minimum Gasteiger partial charge on any atom is -1.00 e. The molecule has 0 rings (SSSR count). The fourth-order valence-electron chi connectivity index (χ4n) is 0. The van der Waals surface area contributed by atoms with Crippen molar-refractivity contribution >= 4 is 124 Å². The molecular weight excluding hydrogens is 284 g/mol. The summed E-state index contributed by atoms with van der Waals surface area (Å²) >= 11 is 0. The Balaban J connectivity index is 0. The first-order chi connectivity index (χ1) is 0. The first kappa shape index (κ1) is 37.7. The molecule has 5 heteroatoms. The van der Waals surface area contributed by atoms with Crippen LogP contribution in [0.2, 0.25) is 0 Å². The molecule has 0 saturated heterocycles. The Morgan fingerprint density at radius 3 is 0.800 bits per heavy atom. The van der Waals surface area contributed by atoms with Gasteiger partial charge in [-0.05, 0) is 0 Å². The van der Waals surface area contributed by atoms with Gasteiger partial charge in [-0.1, -0.05) is 0 Å². The Labute approximate surface area is 126 Å². The van der Waals surface area contributed by atoms with Crippen molar-refractivity contribution < 1.29 is 5.71 Å². The van der Waals surface area contributed by atoms with Gasteiger partial charge in [0.2, 0.25) is 0 Å². The van der Waals surface area contributed by atoms with E-state index >= 15 is 0 Å². The largest absolute Gasteiger partial charge is 2.00 e. The third kappa shape index (κ3) is 18.3. The van der Waals surface area contributed by atoms with E-state index in [9.17, 15) is 0 Å². The molecular formula is H7BaCaCl3. The first-order valence-electron chi connectivity index (χ1n) is 0. The van der Waals surface area contributed by atoms with Crippen molar-refractivity contribution in [2.75, 3.05) is 0 Å². The molecule has 0 atom stereocenters. The second-order valence-electron chi connectivity index (χ2n) is 0. The van der Waals surface area contributed by atoms with Crippen molar-refractivity contribution in [2.24, 2.45) is 0 Å². The van der Waals surface area contributed by atoms with E-state index in [4.69, 9.17) is 0 Å². The monoisotopic (exact) mass is 290 g/mol. The van der Waals surface area contributed by atoms with Crippen LogP contribution in [0.25, 0.3) is 0 Å². The summed E-state index contributed by atoms with van der Waals surface area (Å²) in [6.45, 7) is 0. The smallest absolute Gasteiger partial charge is 1.00 e. The van der Waals surface area contributed by atoms with Gasteiger partial charge < -0.3 is 5.71 Å². The normalized spacial score (nSPS) is 0. The van der Waals surface area contributed by atoms with Crippen LogP contribution in [0, 0.1) is 0 Å². The molecule has 0 N–H and O–H groups in total. The number of rotatable bonds is 0. The maximum atomic E-state index is 0. The van der Waals surface area contributed by atoms with E-state index in [0.29, 0.717) is 0 Å². The zero-order chi connectivity index (χ0) is 0. The third-order valence-corrected chi connectivity index (χ3v) is 0. The molecule has 0 aromatic rings. The van der Waals surface area contributed by atoms with E-state index in [2.05, 4.69) is 0 Å². The third-order valence-electron chi connectivity index (χ3n) is 0. The molecule has 0 unspecified atom stereocenters. The summed E-state index contributed by atoms with van der Waals surface area (Å²) < 4.78 is 0. The van der Waals surface area contributed by atoms with Crippen LogP contribution in [0.4, 0.5) is 0 Å². The van der Waals surface area contributed by atoms with Crippen LogP contribution in [0.3, 0.4) is 0 Å². The number of hydrogen-bond donors (Lipinski definition) is 0. The van der Waals surface area contributed by atoms with Crippen LogP contribution < -0.4 is 0 Å². The summed E-state index contributed by atoms with van der Waals surface area (Å²) in [6, 6.07) is 0. The number of halogens is 3. The summed E-state index contributed by atoms with van der Waals surface area (Å²) in [4.78, 5) is 0. The summed E-state index contributed by atoms with van der Waals surface area (Å²) in [7, 11) is 0. The SMILES string of the molecule is Cl.Cl.Cl.[Ba+2].[Ca+2].[H-].[H-].[H-].[H-]. The quantitative estimate of drug-likeness (QED) is 0.583. The first-order valence-corrected chi connectivity index (χ1v) is 0. The van der Waals surface area contributed by atoms with Crippen molar-refractivity contribution in [3.63, 3.8) is 0 Å². The van der Waals surface area contributed by atoms with Crippen molar-refractivity contribution in [2.45, 2.75) is 0 Å². The molecule has 0 amide bonds. The fraction of sp³-hybridized carbons (Fsp3) is 0. The predicted molar refractivity (Wildman–Crippen MR) is 37.7 cm³/mol. The van der Waals surface area contributed by atoms with Gasteiger partial charge in [0.15, 0.2) is 0 Å². The fourth-order valence-corrected chi connectivity index (χ4v) is 0. The van der Waals surface area contributed by atoms with Gasteiger partial charge in [0.05, 0.1) is 0 Å². The van der Waals surface area contributed by atoms with Gasteiger partial charge in [0, 0.05) is 0 Å². The van der Waals surface area contributed by atoms with Gasteiger partial charge >= 0.3 is 86.6 Å². The van der Waals surface area contributed by atoms with Crippen molar-refractivity contribution in [1.29, 1.82) is 0 Å². The molecule has 0 aromatic carbocycles. The van der Waals surface area contributed by atoms with E-state index in [1.807, 2.05) is 0 Å². The maximum Gasteiger partial charge on any atom is 2.00 e. The molecule has 0 radical (unpaired) electrons. The van der Waals surface area contributed by atoms with E-state index in [1.54, 1.807) is 0 Å².